The van der Waals surface area contributed by atoms with Gasteiger partial charge in [-0.15, -0.1) is 0 Å². The summed E-state index contributed by atoms with van der Waals surface area (Å²) in [7, 11) is 0. The smallest absolute Gasteiger partial charge is 0.235 e. The predicted molar refractivity (Wildman–Crippen MR) is 40.9 cm³/mol. The van der Waals surface area contributed by atoms with Crippen LogP contribution < -0.4 is 0 Å². The van der Waals surface area contributed by atoms with Gasteiger partial charge in [0.25, 0.3) is 0 Å². The Morgan fingerprint density at radius 3 is 2.27 bits per heavy atom. The third-order valence-electron chi connectivity index (χ3n) is 1.20. The van der Waals surface area contributed by atoms with Crippen LogP contribution in [-0.2, 0) is 4.79 Å². The Hall–Kier alpha value is -1.19. The van der Waals surface area contributed by atoms with Crippen LogP contribution in [-0.4, -0.2) is 16.2 Å². The van der Waals surface area contributed by atoms with Gasteiger partial charge in [0, 0.05) is 18.8 Å². The number of allylic oxidation sites excluding steroid dienone is 1. The van der Waals surface area contributed by atoms with E-state index in [9.17, 15) is 14.9 Å². The molecule has 0 rings (SSSR count). The molecule has 0 aromatic rings. The number of nitro groups is 1. The van der Waals surface area contributed by atoms with Gasteiger partial charge in [-0.3, -0.25) is 14.9 Å². The van der Waals surface area contributed by atoms with E-state index in [1.54, 1.807) is 0 Å². The molecule has 11 heavy (non-hydrogen) atoms. The Balaban J connectivity index is 4.35. The molecule has 0 fully saturated rings. The first-order valence-electron chi connectivity index (χ1n) is 3.20. The largest absolute Gasteiger partial charge is 0.295 e. The maximum atomic E-state index is 10.4. The summed E-state index contributed by atoms with van der Waals surface area (Å²) < 4.78 is 0. The van der Waals surface area contributed by atoms with Gasteiger partial charge in [0.1, 0.15) is 0 Å². The van der Waals surface area contributed by atoms with Gasteiger partial charge in [0.05, 0.1) is 0 Å². The average molecular weight is 157 g/mol. The number of hydrogen-bond acceptors (Lipinski definition) is 3. The highest BCUT2D eigenvalue weighted by Gasteiger charge is 2.26. The van der Waals surface area contributed by atoms with Gasteiger partial charge in [-0.25, -0.2) is 0 Å². The second kappa shape index (κ2) is 3.27. The summed E-state index contributed by atoms with van der Waals surface area (Å²) >= 11 is 0. The fraction of sp³-hybridized carbons (Fsp3) is 0.571. The maximum absolute atomic E-state index is 10.4. The second-order valence-corrected chi connectivity index (χ2v) is 2.85. The minimum atomic E-state index is -1.15. The van der Waals surface area contributed by atoms with Crippen molar-refractivity contribution in [2.45, 2.75) is 26.3 Å². The fourth-order valence-electron chi connectivity index (χ4n) is 0.382. The van der Waals surface area contributed by atoms with Crippen LogP contribution in [0.3, 0.4) is 0 Å². The van der Waals surface area contributed by atoms with E-state index >= 15 is 0 Å². The van der Waals surface area contributed by atoms with E-state index in [-0.39, 0.29) is 5.78 Å². The molecule has 0 bridgehead atoms. The van der Waals surface area contributed by atoms with Crippen LogP contribution in [0, 0.1) is 10.1 Å². The molecule has 0 N–H and O–H groups in total. The molecule has 0 aliphatic rings. The number of ketones is 1. The standard InChI is InChI=1S/C7H11NO3/c1-6(9)4-5-7(2,3)8(10)11/h4-5H,1-3H3. The van der Waals surface area contributed by atoms with Crippen molar-refractivity contribution in [3.8, 4) is 0 Å². The summed E-state index contributed by atoms with van der Waals surface area (Å²) in [6.07, 6.45) is 2.50. The van der Waals surface area contributed by atoms with Crippen molar-refractivity contribution in [3.05, 3.63) is 22.3 Å². The van der Waals surface area contributed by atoms with Crippen LogP contribution in [0.2, 0.25) is 0 Å². The van der Waals surface area contributed by atoms with Crippen molar-refractivity contribution < 1.29 is 9.72 Å². The van der Waals surface area contributed by atoms with E-state index in [0.717, 1.165) is 0 Å². The van der Waals surface area contributed by atoms with Crippen molar-refractivity contribution >= 4 is 5.78 Å². The van der Waals surface area contributed by atoms with Crippen LogP contribution >= 0.6 is 0 Å². The Bertz CT molecular complexity index is 206. The molecular formula is C7H11NO3. The number of nitrogens with zero attached hydrogens (tertiary/aromatic N) is 1. The minimum Gasteiger partial charge on any atom is -0.295 e. The molecule has 0 spiro atoms. The molecule has 0 unspecified atom stereocenters. The highest BCUT2D eigenvalue weighted by Crippen LogP contribution is 2.08. The molecule has 0 saturated heterocycles. The summed E-state index contributed by atoms with van der Waals surface area (Å²) in [6.45, 7) is 4.23. The van der Waals surface area contributed by atoms with E-state index in [1.807, 2.05) is 0 Å². The monoisotopic (exact) mass is 157 g/mol. The fourth-order valence-corrected chi connectivity index (χ4v) is 0.382. The minimum absolute atomic E-state index is 0.181. The zero-order chi connectivity index (χ0) is 9.07. The molecule has 0 atom stereocenters. The maximum Gasteiger partial charge on any atom is 0.235 e. The number of carbonyl (C=O) groups excluding carboxylic acids is 1. The van der Waals surface area contributed by atoms with E-state index < -0.39 is 10.5 Å². The highest BCUT2D eigenvalue weighted by atomic mass is 16.6. The summed E-state index contributed by atoms with van der Waals surface area (Å²) in [5.74, 6) is -0.181. The summed E-state index contributed by atoms with van der Waals surface area (Å²) in [5.41, 5.74) is -1.15. The average Bonchev–Trinajstić information content (AvgIpc) is 1.84. The van der Waals surface area contributed by atoms with Crippen molar-refractivity contribution in [1.29, 1.82) is 0 Å². The van der Waals surface area contributed by atoms with E-state index in [1.165, 1.54) is 32.9 Å². The lowest BCUT2D eigenvalue weighted by atomic mass is 10.1. The lowest BCUT2D eigenvalue weighted by molar-refractivity contribution is -0.545. The molecule has 0 aromatic carbocycles. The molecule has 0 saturated carbocycles. The van der Waals surface area contributed by atoms with E-state index in [4.69, 9.17) is 0 Å². The van der Waals surface area contributed by atoms with Gasteiger partial charge in [0.2, 0.25) is 5.54 Å². The van der Waals surface area contributed by atoms with Crippen molar-refractivity contribution in [2.75, 3.05) is 0 Å². The van der Waals surface area contributed by atoms with Gasteiger partial charge in [-0.05, 0) is 19.1 Å². The van der Waals surface area contributed by atoms with Crippen molar-refractivity contribution in [3.63, 3.8) is 0 Å². The van der Waals surface area contributed by atoms with Crippen LogP contribution in [0.5, 0.6) is 0 Å². The van der Waals surface area contributed by atoms with E-state index in [0.29, 0.717) is 0 Å². The molecule has 62 valence electrons. The van der Waals surface area contributed by atoms with Crippen LogP contribution in [0.1, 0.15) is 20.8 Å². The van der Waals surface area contributed by atoms with Gasteiger partial charge < -0.3 is 0 Å². The van der Waals surface area contributed by atoms with Gasteiger partial charge in [0.15, 0.2) is 5.78 Å². The Morgan fingerprint density at radius 2 is 2.00 bits per heavy atom. The summed E-state index contributed by atoms with van der Waals surface area (Å²) in [5, 5.41) is 10.3. The number of hydrogen-bond donors (Lipinski definition) is 0. The van der Waals surface area contributed by atoms with Crippen LogP contribution in [0.4, 0.5) is 0 Å². The van der Waals surface area contributed by atoms with Gasteiger partial charge in [-0.1, -0.05) is 0 Å². The molecular weight excluding hydrogens is 146 g/mol. The van der Waals surface area contributed by atoms with Gasteiger partial charge >= 0.3 is 0 Å². The molecule has 0 heterocycles. The zero-order valence-electron chi connectivity index (χ0n) is 6.83. The molecule has 0 amide bonds. The van der Waals surface area contributed by atoms with Crippen LogP contribution in [0.25, 0.3) is 0 Å². The highest BCUT2D eigenvalue weighted by molar-refractivity contribution is 5.87. The molecule has 0 aliphatic carbocycles. The molecule has 4 nitrogen and oxygen atoms in total. The number of rotatable bonds is 3. The lowest BCUT2D eigenvalue weighted by Gasteiger charge is -2.08. The van der Waals surface area contributed by atoms with E-state index in [2.05, 4.69) is 0 Å². The van der Waals surface area contributed by atoms with Crippen molar-refractivity contribution in [2.24, 2.45) is 0 Å². The first kappa shape index (κ1) is 9.81. The second-order valence-electron chi connectivity index (χ2n) is 2.85. The Kier molecular flexibility index (Phi) is 2.92. The molecule has 0 radical (unpaired) electrons. The quantitative estimate of drug-likeness (QED) is 0.351. The molecule has 0 aromatic heterocycles. The topological polar surface area (TPSA) is 60.2 Å². The first-order valence-corrected chi connectivity index (χ1v) is 3.20. The summed E-state index contributed by atoms with van der Waals surface area (Å²) in [6, 6.07) is 0. The third kappa shape index (κ3) is 3.50. The van der Waals surface area contributed by atoms with Crippen molar-refractivity contribution in [1.82, 2.24) is 0 Å². The Morgan fingerprint density at radius 1 is 1.55 bits per heavy atom. The summed E-state index contributed by atoms with van der Waals surface area (Å²) in [4.78, 5) is 20.2. The first-order chi connectivity index (χ1) is 4.86. The Labute approximate surface area is 65.1 Å². The normalized spacial score (nSPS) is 11.9. The molecule has 0 aliphatic heterocycles. The third-order valence-corrected chi connectivity index (χ3v) is 1.20. The SMILES string of the molecule is CC(=O)C=CC(C)(C)[N+](=O)[O-]. The molecule has 4 heteroatoms. The predicted octanol–water partition coefficient (Wildman–Crippen LogP) is 1.19. The van der Waals surface area contributed by atoms with Gasteiger partial charge in [-0.2, -0.15) is 0 Å². The lowest BCUT2D eigenvalue weighted by Crippen LogP contribution is -2.28. The number of carbonyl (C=O) groups is 1. The zero-order valence-corrected chi connectivity index (χ0v) is 6.83. The van der Waals surface area contributed by atoms with Crippen LogP contribution in [0.15, 0.2) is 12.2 Å².